The van der Waals surface area contributed by atoms with Gasteiger partial charge in [-0.2, -0.15) is 0 Å². The summed E-state index contributed by atoms with van der Waals surface area (Å²) in [6, 6.07) is 2.96. The number of allylic oxidation sites excluding steroid dienone is 2. The Morgan fingerprint density at radius 1 is 0.767 bits per heavy atom. The van der Waals surface area contributed by atoms with Crippen LogP contribution in [0.1, 0.15) is 123 Å². The molecule has 0 aliphatic rings. The Bertz CT molecular complexity index is 655. The molecule has 0 bridgehead atoms. The fraction of sp³-hybridized carbons (Fsp3) is 0.640. The number of pyridine rings is 1. The van der Waals surface area contributed by atoms with Gasteiger partial charge in [-0.15, -0.1) is 0 Å². The van der Waals surface area contributed by atoms with Crippen LogP contribution < -0.4 is 0 Å². The number of rotatable bonds is 18. The van der Waals surface area contributed by atoms with Gasteiger partial charge in [-0.3, -0.25) is 0 Å². The van der Waals surface area contributed by atoms with Gasteiger partial charge in [-0.05, 0) is 50.2 Å². The molecule has 168 valence electrons. The van der Waals surface area contributed by atoms with Crippen LogP contribution in [-0.4, -0.2) is 27.1 Å². The van der Waals surface area contributed by atoms with Crippen molar-refractivity contribution in [2.75, 3.05) is 0 Å². The summed E-state index contributed by atoms with van der Waals surface area (Å²) in [5.41, 5.74) is 0.253. The molecule has 0 aromatic carbocycles. The Kier molecular flexibility index (Phi) is 14.3. The third-order valence-corrected chi connectivity index (χ3v) is 5.36. The zero-order chi connectivity index (χ0) is 22.0. The van der Waals surface area contributed by atoms with E-state index in [0.29, 0.717) is 12.0 Å². The lowest BCUT2D eigenvalue weighted by molar-refractivity contribution is 0.0684. The molecule has 0 aliphatic carbocycles. The van der Waals surface area contributed by atoms with Gasteiger partial charge in [-0.1, -0.05) is 82.9 Å². The summed E-state index contributed by atoms with van der Waals surface area (Å²) in [5, 5.41) is 18.2. The predicted octanol–water partition coefficient (Wildman–Crippen LogP) is 7.06. The third-order valence-electron chi connectivity index (χ3n) is 5.36. The number of nitrogens with zero attached hydrogens (tertiary/aromatic N) is 1. The van der Waals surface area contributed by atoms with E-state index >= 15 is 0 Å². The summed E-state index contributed by atoms with van der Waals surface area (Å²) < 4.78 is 0. The lowest BCUT2D eigenvalue weighted by Gasteiger charge is -2.06. The molecule has 0 amide bonds. The molecule has 0 spiro atoms. The first-order chi connectivity index (χ1) is 14.6. The van der Waals surface area contributed by atoms with Crippen LogP contribution in [0.4, 0.5) is 0 Å². The lowest BCUT2D eigenvalue weighted by atomic mass is 10.0. The number of hydrogen-bond donors (Lipinski definition) is 2. The van der Waals surface area contributed by atoms with E-state index < -0.39 is 11.9 Å². The van der Waals surface area contributed by atoms with E-state index in [2.05, 4.69) is 24.1 Å². The fourth-order valence-corrected chi connectivity index (χ4v) is 3.56. The second-order valence-electron chi connectivity index (χ2n) is 8.00. The molecule has 0 unspecified atom stereocenters. The predicted molar refractivity (Wildman–Crippen MR) is 121 cm³/mol. The van der Waals surface area contributed by atoms with Crippen LogP contribution in [0.5, 0.6) is 0 Å². The van der Waals surface area contributed by atoms with Crippen molar-refractivity contribution in [3.05, 3.63) is 41.2 Å². The van der Waals surface area contributed by atoms with E-state index in [0.717, 1.165) is 19.3 Å². The zero-order valence-electron chi connectivity index (χ0n) is 18.6. The quantitative estimate of drug-likeness (QED) is 0.197. The molecule has 0 aliphatic heterocycles. The van der Waals surface area contributed by atoms with Crippen molar-refractivity contribution >= 4 is 11.9 Å². The molecule has 5 nitrogen and oxygen atoms in total. The number of hydrogen-bond acceptors (Lipinski definition) is 3. The first-order valence-corrected chi connectivity index (χ1v) is 11.7. The second kappa shape index (κ2) is 16.6. The van der Waals surface area contributed by atoms with Crippen molar-refractivity contribution in [1.29, 1.82) is 0 Å². The fourth-order valence-electron chi connectivity index (χ4n) is 3.56. The van der Waals surface area contributed by atoms with Crippen LogP contribution in [0, 0.1) is 0 Å². The highest BCUT2D eigenvalue weighted by molar-refractivity contribution is 5.90. The Morgan fingerprint density at radius 3 is 1.83 bits per heavy atom. The van der Waals surface area contributed by atoms with Crippen molar-refractivity contribution in [3.8, 4) is 0 Å². The molecule has 1 aromatic heterocycles. The summed E-state index contributed by atoms with van der Waals surface area (Å²) in [5.74, 6) is -2.38. The van der Waals surface area contributed by atoms with Crippen LogP contribution in [-0.2, 0) is 6.42 Å². The lowest BCUT2D eigenvalue weighted by Crippen LogP contribution is -2.10. The average Bonchev–Trinajstić information content (AvgIpc) is 2.73. The van der Waals surface area contributed by atoms with Gasteiger partial charge in [0, 0.05) is 0 Å². The molecular weight excluding hydrogens is 378 g/mol. The topological polar surface area (TPSA) is 87.5 Å². The van der Waals surface area contributed by atoms with Gasteiger partial charge in [0.15, 0.2) is 5.69 Å². The SMILES string of the molecule is CCCCCCCC/C=C\CCCCCCCCc1ccc(C(=O)O)nc1C(=O)O. The summed E-state index contributed by atoms with van der Waals surface area (Å²) in [6.07, 6.45) is 22.5. The smallest absolute Gasteiger partial charge is 0.354 e. The molecule has 1 aromatic rings. The van der Waals surface area contributed by atoms with E-state index in [9.17, 15) is 14.7 Å². The Labute approximate surface area is 181 Å². The van der Waals surface area contributed by atoms with Crippen molar-refractivity contribution in [2.24, 2.45) is 0 Å². The molecule has 2 N–H and O–H groups in total. The van der Waals surface area contributed by atoms with E-state index in [1.54, 1.807) is 6.07 Å². The highest BCUT2D eigenvalue weighted by Gasteiger charge is 2.15. The Hall–Kier alpha value is -2.17. The summed E-state index contributed by atoms with van der Waals surface area (Å²) in [6.45, 7) is 2.25. The van der Waals surface area contributed by atoms with Crippen molar-refractivity contribution < 1.29 is 19.8 Å². The molecule has 1 rings (SSSR count). The summed E-state index contributed by atoms with van der Waals surface area (Å²) >= 11 is 0. The molecule has 0 radical (unpaired) electrons. The maximum Gasteiger partial charge on any atom is 0.354 e. The number of aromatic nitrogens is 1. The number of carbonyl (C=O) groups is 2. The van der Waals surface area contributed by atoms with Gasteiger partial charge >= 0.3 is 11.9 Å². The highest BCUT2D eigenvalue weighted by atomic mass is 16.4. The minimum absolute atomic E-state index is 0.136. The van der Waals surface area contributed by atoms with Crippen LogP contribution in [0.2, 0.25) is 0 Å². The van der Waals surface area contributed by atoms with Crippen molar-refractivity contribution in [2.45, 2.75) is 103 Å². The normalized spacial score (nSPS) is 11.2. The number of unbranched alkanes of at least 4 members (excludes halogenated alkanes) is 12. The standard InChI is InChI=1S/C25H39NO4/c1-2-3-4-5-6-7-8-9-10-11-12-13-14-15-16-17-18-21-19-20-22(24(27)28)26-23(21)25(29)30/h9-10,19-20H,2-8,11-18H2,1H3,(H,27,28)(H,29,30)/b10-9-. The van der Waals surface area contributed by atoms with E-state index in [4.69, 9.17) is 5.11 Å². The number of carboxylic acid groups (broad SMARTS) is 2. The summed E-state index contributed by atoms with van der Waals surface area (Å²) in [7, 11) is 0. The highest BCUT2D eigenvalue weighted by Crippen LogP contribution is 2.15. The molecule has 0 atom stereocenters. The van der Waals surface area contributed by atoms with Gasteiger partial charge < -0.3 is 10.2 Å². The second-order valence-corrected chi connectivity index (χ2v) is 8.00. The molecule has 1 heterocycles. The van der Waals surface area contributed by atoms with Crippen LogP contribution in [0.25, 0.3) is 0 Å². The van der Waals surface area contributed by atoms with Gasteiger partial charge in [0.05, 0.1) is 0 Å². The Balaban J connectivity index is 2.05. The minimum atomic E-state index is -1.21. The Morgan fingerprint density at radius 2 is 1.30 bits per heavy atom. The largest absolute Gasteiger partial charge is 0.477 e. The van der Waals surface area contributed by atoms with Crippen LogP contribution in [0.3, 0.4) is 0 Å². The van der Waals surface area contributed by atoms with Crippen molar-refractivity contribution in [1.82, 2.24) is 4.98 Å². The van der Waals surface area contributed by atoms with Gasteiger partial charge in [0.2, 0.25) is 0 Å². The van der Waals surface area contributed by atoms with Gasteiger partial charge in [0.25, 0.3) is 0 Å². The summed E-state index contributed by atoms with van der Waals surface area (Å²) in [4.78, 5) is 26.0. The van der Waals surface area contributed by atoms with E-state index in [-0.39, 0.29) is 11.4 Å². The molecule has 0 saturated heterocycles. The number of carboxylic acids is 2. The molecule has 0 fully saturated rings. The minimum Gasteiger partial charge on any atom is -0.477 e. The molecule has 5 heteroatoms. The first-order valence-electron chi connectivity index (χ1n) is 11.7. The average molecular weight is 418 g/mol. The van der Waals surface area contributed by atoms with Crippen LogP contribution >= 0.6 is 0 Å². The maximum absolute atomic E-state index is 11.3. The van der Waals surface area contributed by atoms with Crippen molar-refractivity contribution in [3.63, 3.8) is 0 Å². The van der Waals surface area contributed by atoms with E-state index in [1.807, 2.05) is 0 Å². The molecular formula is C25H39NO4. The number of aromatic carboxylic acids is 2. The van der Waals surface area contributed by atoms with Gasteiger partial charge in [-0.25, -0.2) is 14.6 Å². The molecule has 30 heavy (non-hydrogen) atoms. The zero-order valence-corrected chi connectivity index (χ0v) is 18.6. The first kappa shape index (κ1) is 25.9. The molecule has 0 saturated carbocycles. The third kappa shape index (κ3) is 11.7. The monoisotopic (exact) mass is 417 g/mol. The number of aryl methyl sites for hydroxylation is 1. The van der Waals surface area contributed by atoms with Gasteiger partial charge in [0.1, 0.15) is 5.69 Å². The maximum atomic E-state index is 11.3. The van der Waals surface area contributed by atoms with E-state index in [1.165, 1.54) is 76.7 Å². The van der Waals surface area contributed by atoms with Crippen LogP contribution in [0.15, 0.2) is 24.3 Å².